The van der Waals surface area contributed by atoms with Gasteiger partial charge in [-0.1, -0.05) is 239 Å². The van der Waals surface area contributed by atoms with Gasteiger partial charge in [-0.3, -0.25) is 0 Å². The third-order valence-electron chi connectivity index (χ3n) is 28.6. The Labute approximate surface area is 731 Å². The number of aromatic hydroxyl groups is 4. The maximum absolute atomic E-state index is 12.3. The minimum absolute atomic E-state index is 0.195. The summed E-state index contributed by atoms with van der Waals surface area (Å²) >= 11 is 0. The van der Waals surface area contributed by atoms with Crippen molar-refractivity contribution < 1.29 is 39.4 Å². The molecule has 6 fully saturated rings. The van der Waals surface area contributed by atoms with E-state index in [1.165, 1.54) is 114 Å². The lowest BCUT2D eigenvalue weighted by Gasteiger charge is -2.37. The Balaban J connectivity index is 0.000000163. The number of hydrogen-bond donors (Lipinski definition) is 4. The van der Waals surface area contributed by atoms with Crippen LogP contribution in [0.25, 0.3) is 99.5 Å². The van der Waals surface area contributed by atoms with Crippen LogP contribution in [0.4, 0.5) is 11.4 Å². The monoisotopic (exact) mass is 1650 g/mol. The molecule has 0 bridgehead atoms. The predicted molar refractivity (Wildman–Crippen MR) is 509 cm³/mol. The summed E-state index contributed by atoms with van der Waals surface area (Å²) in [7, 11) is 0. The summed E-state index contributed by atoms with van der Waals surface area (Å²) in [6.45, 7) is 19.3. The van der Waals surface area contributed by atoms with Crippen LogP contribution in [0, 0.1) is 37.5 Å². The zero-order valence-corrected chi connectivity index (χ0v) is 73.5. The molecule has 636 valence electrons. The molecule has 14 aromatic rings. The van der Waals surface area contributed by atoms with E-state index in [2.05, 4.69) is 208 Å². The maximum Gasteiger partial charge on any atom is 0.147 e. The van der Waals surface area contributed by atoms with Gasteiger partial charge < -0.3 is 58.3 Å². The number of anilines is 2. The van der Waals surface area contributed by atoms with Crippen molar-refractivity contribution in [2.75, 3.05) is 36.2 Å². The summed E-state index contributed by atoms with van der Waals surface area (Å²) in [6, 6.07) is 85.1. The second-order valence-corrected chi connectivity index (χ2v) is 38.3. The molecule has 4 N–H and O–H groups in total. The summed E-state index contributed by atoms with van der Waals surface area (Å²) in [4.78, 5) is 5.36. The van der Waals surface area contributed by atoms with Gasteiger partial charge in [-0.25, -0.2) is 0 Å². The first-order valence-corrected chi connectivity index (χ1v) is 46.2. The summed E-state index contributed by atoms with van der Waals surface area (Å²) < 4.78 is 30.5. The topological polar surface area (TPSA) is 134 Å². The Morgan fingerprint density at radius 1 is 0.274 bits per heavy atom. The molecule has 4 saturated carbocycles. The Morgan fingerprint density at radius 3 is 0.798 bits per heavy atom. The highest BCUT2D eigenvalue weighted by Gasteiger charge is 2.52. The Kier molecular flexibility index (Phi) is 22.7. The van der Waals surface area contributed by atoms with Crippen LogP contribution >= 0.6 is 0 Å². The van der Waals surface area contributed by atoms with Gasteiger partial charge in [0.1, 0.15) is 46.0 Å². The van der Waals surface area contributed by atoms with Gasteiger partial charge in [-0.15, -0.1) is 0 Å². The molecule has 2 aromatic heterocycles. The molecule has 6 aliphatic rings. The van der Waals surface area contributed by atoms with Gasteiger partial charge in [0, 0.05) is 103 Å². The fourth-order valence-electron chi connectivity index (χ4n) is 22.8. The van der Waals surface area contributed by atoms with Crippen LogP contribution in [0.5, 0.6) is 46.0 Å². The molecule has 2 aliphatic heterocycles. The highest BCUT2D eigenvalue weighted by Crippen LogP contribution is 2.58. The van der Waals surface area contributed by atoms with Crippen LogP contribution in [-0.4, -0.2) is 80.2 Å². The number of aryl methyl sites for hydroxylation is 2. The summed E-state index contributed by atoms with van der Waals surface area (Å²) in [6.07, 6.45) is 22.1. The third-order valence-corrected chi connectivity index (χ3v) is 28.6. The molecule has 2 saturated heterocycles. The van der Waals surface area contributed by atoms with Crippen molar-refractivity contribution in [3.63, 3.8) is 0 Å². The van der Waals surface area contributed by atoms with Gasteiger partial charge >= 0.3 is 0 Å². The van der Waals surface area contributed by atoms with Crippen LogP contribution in [0.1, 0.15) is 179 Å². The van der Waals surface area contributed by atoms with E-state index in [1.807, 2.05) is 109 Å². The van der Waals surface area contributed by atoms with E-state index in [1.54, 1.807) is 0 Å². The maximum atomic E-state index is 12.3. The Hall–Kier alpha value is -11.8. The largest absolute Gasteiger partial charge is 0.505 e. The van der Waals surface area contributed by atoms with Gasteiger partial charge in [-0.05, 0) is 219 Å². The molecular formula is C112H120N4O8. The van der Waals surface area contributed by atoms with Crippen molar-refractivity contribution in [2.45, 2.75) is 206 Å². The first kappa shape index (κ1) is 81.9. The smallest absolute Gasteiger partial charge is 0.147 e. The van der Waals surface area contributed by atoms with Crippen molar-refractivity contribution in [3.8, 4) is 102 Å². The molecule has 4 heterocycles. The van der Waals surface area contributed by atoms with E-state index in [9.17, 15) is 20.4 Å². The van der Waals surface area contributed by atoms with Crippen molar-refractivity contribution >= 4 is 55.0 Å². The molecule has 8 unspecified atom stereocenters. The number of phenolic OH excluding ortho intramolecular Hbond substituents is 4. The molecule has 12 nitrogen and oxygen atoms in total. The number of para-hydroxylation sites is 8. The van der Waals surface area contributed by atoms with Crippen LogP contribution in [0.15, 0.2) is 243 Å². The normalized spacial score (nSPS) is 20.0. The third kappa shape index (κ3) is 15.4. The Bertz CT molecular complexity index is 5750. The molecule has 0 spiro atoms. The Morgan fingerprint density at radius 2 is 0.516 bits per heavy atom. The molecule has 124 heavy (non-hydrogen) atoms. The van der Waals surface area contributed by atoms with Crippen LogP contribution in [0.2, 0.25) is 0 Å². The van der Waals surface area contributed by atoms with Crippen molar-refractivity contribution in [1.29, 1.82) is 0 Å². The van der Waals surface area contributed by atoms with Crippen LogP contribution in [-0.2, 0) is 10.8 Å². The average Bonchev–Trinajstić information content (AvgIpc) is 1.55. The lowest BCUT2D eigenvalue weighted by atomic mass is 9.73. The van der Waals surface area contributed by atoms with E-state index >= 15 is 0 Å². The molecule has 12 heteroatoms. The molecule has 4 aliphatic carbocycles. The van der Waals surface area contributed by atoms with E-state index in [0.717, 1.165) is 146 Å². The second-order valence-electron chi connectivity index (χ2n) is 38.3. The average molecular weight is 1650 g/mol. The van der Waals surface area contributed by atoms with E-state index in [4.69, 9.17) is 18.9 Å². The van der Waals surface area contributed by atoms with E-state index in [-0.39, 0.29) is 22.3 Å². The fourth-order valence-corrected chi connectivity index (χ4v) is 22.8. The van der Waals surface area contributed by atoms with E-state index < -0.39 is 0 Å². The van der Waals surface area contributed by atoms with Crippen LogP contribution in [0.3, 0.4) is 0 Å². The number of benzene rings is 12. The summed E-state index contributed by atoms with van der Waals surface area (Å²) in [5.41, 5.74) is 18.4. The summed E-state index contributed by atoms with van der Waals surface area (Å²) in [5.74, 6) is 7.14. The molecule has 0 radical (unpaired) electrons. The number of aromatic nitrogens is 2. The highest BCUT2D eigenvalue weighted by molar-refractivity contribution is 6.11. The number of nitrogens with zero attached hydrogens (tertiary/aromatic N) is 4. The number of phenols is 4. The SMILES string of the molecule is CC(C)(C)c1cc(-c2ccccc2OCCCOc2ccccc2-c2cc(C(C)(C)C)cc(-n3c4ccccc4c4ccccc43)c2O)c(O)c(-n2c3ccccc3c3ccccc32)c1.Cc1cc(-c2ccccc2OCCCOc2ccccc2-c2cc(C)cc(N3C4CCCCC4C4CCCCC43)c2O)c(O)c(N2C3CCCCC3C3CCCCC32)c1. The van der Waals surface area contributed by atoms with E-state index in [0.29, 0.717) is 97.6 Å². The fraction of sp³-hybridized carbons (Fsp3) is 0.357. The molecule has 12 aromatic carbocycles. The number of rotatable bonds is 20. The number of fused-ring (bicyclic) bond motifs is 12. The molecular weight excluding hydrogens is 1530 g/mol. The van der Waals surface area contributed by atoms with Gasteiger partial charge in [0.25, 0.3) is 0 Å². The van der Waals surface area contributed by atoms with Gasteiger partial charge in [-0.2, -0.15) is 0 Å². The standard InChI is InChI=1S/C59H54N2O4.C53H66N2O4/c1-58(2,3)38-34-46(56(62)52(36-38)60-48-26-13-7-20-40(48)41-21-8-14-27-49(41)60)44-24-11-17-30-54(44)64-32-19-33-65-55-31-18-12-25-45(55)47-35-39(59(4,5)6)37-53(57(47)63)61-50-28-15-9-22-42(50)43-23-10-16-29-51(43)61;1-34-30-42(52(56)48(32-34)54-44-22-9-3-16-36(44)37-17-4-10-23-45(37)54)40-20-7-13-26-50(40)58-28-15-29-59-51-27-14-8-21-41(51)43-31-35(2)33-49(53(43)57)55-46-24-11-5-18-38(46)39-19-6-12-25-47(39)55/h7-18,20-31,34-37,62-63H,19,32-33H2,1-6H3;7-8,13-14,20-21,26-27,30-33,36-39,44-47,56-57H,3-6,9-12,15-19,22-25,28-29H2,1-2H3. The van der Waals surface area contributed by atoms with Gasteiger partial charge in [0.15, 0.2) is 0 Å². The first-order valence-electron chi connectivity index (χ1n) is 46.2. The zero-order chi connectivity index (χ0) is 85.1. The minimum Gasteiger partial charge on any atom is -0.505 e. The second kappa shape index (κ2) is 34.4. The lowest BCUT2D eigenvalue weighted by molar-refractivity contribution is 0.231. The first-order chi connectivity index (χ1) is 60.3. The number of hydrogen-bond acceptors (Lipinski definition) is 10. The quantitative estimate of drug-likeness (QED) is 0.0547. The predicted octanol–water partition coefficient (Wildman–Crippen LogP) is 27.8. The van der Waals surface area contributed by atoms with Gasteiger partial charge in [0.2, 0.25) is 0 Å². The molecule has 8 atom stereocenters. The molecule has 20 rings (SSSR count). The summed E-state index contributed by atoms with van der Waals surface area (Å²) in [5, 5.41) is 53.6. The highest BCUT2D eigenvalue weighted by atomic mass is 16.5. The van der Waals surface area contributed by atoms with Crippen molar-refractivity contribution in [2.24, 2.45) is 23.7 Å². The van der Waals surface area contributed by atoms with Gasteiger partial charge in [0.05, 0.1) is 71.2 Å². The minimum atomic E-state index is -0.198. The van der Waals surface area contributed by atoms with Crippen molar-refractivity contribution in [1.82, 2.24) is 9.13 Å². The van der Waals surface area contributed by atoms with Crippen LogP contribution < -0.4 is 28.7 Å². The van der Waals surface area contributed by atoms with Crippen molar-refractivity contribution in [3.05, 3.63) is 265 Å². The zero-order valence-electron chi connectivity index (χ0n) is 73.5. The number of ether oxygens (including phenoxy) is 4. The lowest BCUT2D eigenvalue weighted by Crippen LogP contribution is -2.40. The molecule has 0 amide bonds.